The monoisotopic (exact) mass is 444 g/mol. The Labute approximate surface area is 181 Å². The van der Waals surface area contributed by atoms with Gasteiger partial charge in [-0.05, 0) is 55.2 Å². The van der Waals surface area contributed by atoms with Crippen LogP contribution in [0.1, 0.15) is 28.8 Å². The minimum Gasteiger partial charge on any atom is -0.462 e. The molecule has 1 saturated heterocycles. The van der Waals surface area contributed by atoms with E-state index in [2.05, 4.69) is 10.6 Å². The van der Waals surface area contributed by atoms with Crippen LogP contribution in [-0.2, 0) is 20.5 Å². The van der Waals surface area contributed by atoms with Crippen molar-refractivity contribution < 1.29 is 32.3 Å². The maximum Gasteiger partial charge on any atom is 0.418 e. The first-order chi connectivity index (χ1) is 15.2. The zero-order valence-electron chi connectivity index (χ0n) is 16.7. The van der Waals surface area contributed by atoms with E-state index in [0.717, 1.165) is 12.5 Å². The molecule has 32 heavy (non-hydrogen) atoms. The van der Waals surface area contributed by atoms with Gasteiger partial charge in [-0.1, -0.05) is 12.1 Å². The number of benzene rings is 2. The van der Waals surface area contributed by atoms with E-state index in [-0.39, 0.29) is 41.1 Å². The number of ether oxygens (including phenoxy) is 1. The molecule has 2 aromatic rings. The van der Waals surface area contributed by atoms with Crippen LogP contribution in [0.4, 0.5) is 24.5 Å². The maximum atomic E-state index is 13.1. The zero-order chi connectivity index (χ0) is 22.6. The van der Waals surface area contributed by atoms with Crippen molar-refractivity contribution in [1.29, 1.82) is 0 Å². The van der Waals surface area contributed by atoms with E-state index >= 15 is 0 Å². The average molecular weight is 444 g/mol. The third-order valence-corrected chi connectivity index (χ3v) is 6.68. The van der Waals surface area contributed by atoms with E-state index in [1.165, 1.54) is 42.5 Å². The first kappa shape index (κ1) is 20.5. The van der Waals surface area contributed by atoms with Gasteiger partial charge < -0.3 is 15.4 Å². The number of amides is 2. The summed E-state index contributed by atoms with van der Waals surface area (Å²) in [5.41, 5.74) is -0.689. The predicted octanol–water partition coefficient (Wildman–Crippen LogP) is 4.09. The van der Waals surface area contributed by atoms with Gasteiger partial charge in [0.15, 0.2) is 0 Å². The third kappa shape index (κ3) is 3.41. The molecule has 1 aliphatic heterocycles. The molecular formula is C23H19F3N2O4. The number of hydrogen-bond acceptors (Lipinski definition) is 4. The van der Waals surface area contributed by atoms with Crippen molar-refractivity contribution in [3.8, 4) is 0 Å². The highest BCUT2D eigenvalue weighted by Crippen LogP contribution is 2.57. The quantitative estimate of drug-likeness (QED) is 0.696. The Balaban J connectivity index is 1.26. The Morgan fingerprint density at radius 2 is 1.69 bits per heavy atom. The summed E-state index contributed by atoms with van der Waals surface area (Å²) < 4.78 is 44.7. The van der Waals surface area contributed by atoms with Crippen LogP contribution in [0, 0.1) is 23.7 Å². The second kappa shape index (κ2) is 7.36. The summed E-state index contributed by atoms with van der Waals surface area (Å²) in [5.74, 6) is -1.82. The molecule has 0 radical (unpaired) electrons. The number of hydrogen-bond donors (Lipinski definition) is 2. The van der Waals surface area contributed by atoms with Crippen LogP contribution in [-0.4, -0.2) is 23.9 Å². The van der Waals surface area contributed by atoms with Crippen LogP contribution in [0.3, 0.4) is 0 Å². The Kier molecular flexibility index (Phi) is 4.72. The van der Waals surface area contributed by atoms with Crippen LogP contribution in [0.25, 0.3) is 0 Å². The second-order valence-corrected chi connectivity index (χ2v) is 8.49. The summed E-state index contributed by atoms with van der Waals surface area (Å²) in [6, 6.07) is 10.6. The summed E-state index contributed by atoms with van der Waals surface area (Å²) in [4.78, 5) is 37.4. The lowest BCUT2D eigenvalue weighted by Crippen LogP contribution is -2.35. The Bertz CT molecular complexity index is 1100. The Morgan fingerprint density at radius 1 is 0.969 bits per heavy atom. The molecule has 1 heterocycles. The van der Waals surface area contributed by atoms with Crippen LogP contribution in [0.5, 0.6) is 0 Å². The number of esters is 1. The van der Waals surface area contributed by atoms with E-state index in [1.54, 1.807) is 0 Å². The number of rotatable bonds is 4. The highest BCUT2D eigenvalue weighted by atomic mass is 19.4. The topological polar surface area (TPSA) is 84.5 Å². The van der Waals surface area contributed by atoms with Crippen molar-refractivity contribution in [1.82, 2.24) is 0 Å². The molecular weight excluding hydrogens is 425 g/mol. The molecule has 2 aliphatic carbocycles. The van der Waals surface area contributed by atoms with E-state index in [9.17, 15) is 27.6 Å². The van der Waals surface area contributed by atoms with Crippen LogP contribution in [0.15, 0.2) is 48.5 Å². The first-order valence-electron chi connectivity index (χ1n) is 10.3. The Hall–Kier alpha value is -3.36. The van der Waals surface area contributed by atoms with Gasteiger partial charge in [-0.3, -0.25) is 14.4 Å². The molecule has 2 saturated carbocycles. The van der Waals surface area contributed by atoms with Crippen molar-refractivity contribution in [2.24, 2.45) is 23.7 Å². The molecule has 2 aromatic carbocycles. The number of alkyl halides is 3. The van der Waals surface area contributed by atoms with Gasteiger partial charge in [0.2, 0.25) is 5.91 Å². The summed E-state index contributed by atoms with van der Waals surface area (Å²) in [7, 11) is 0. The number of fused-ring (bicyclic) bond motifs is 1. The highest BCUT2D eigenvalue weighted by molar-refractivity contribution is 6.05. The second-order valence-electron chi connectivity index (χ2n) is 8.49. The fraction of sp³-hybridized carbons (Fsp3) is 0.348. The van der Waals surface area contributed by atoms with Gasteiger partial charge in [0, 0.05) is 17.2 Å². The van der Waals surface area contributed by atoms with Crippen molar-refractivity contribution in [3.05, 3.63) is 59.7 Å². The molecule has 3 fully saturated rings. The zero-order valence-corrected chi connectivity index (χ0v) is 16.7. The van der Waals surface area contributed by atoms with E-state index < -0.39 is 29.5 Å². The molecule has 2 amide bonds. The molecule has 2 N–H and O–H groups in total. The summed E-state index contributed by atoms with van der Waals surface area (Å²) in [5, 5.41) is 5.07. The molecule has 0 spiro atoms. The van der Waals surface area contributed by atoms with Crippen LogP contribution < -0.4 is 10.6 Å². The number of carbonyl (C=O) groups excluding carboxylic acids is 3. The summed E-state index contributed by atoms with van der Waals surface area (Å²) in [6.45, 7) is 0. The molecule has 0 unspecified atom stereocenters. The molecule has 166 valence electrons. The fourth-order valence-electron chi connectivity index (χ4n) is 5.33. The minimum atomic E-state index is -4.59. The van der Waals surface area contributed by atoms with Gasteiger partial charge in [0.1, 0.15) is 6.10 Å². The molecule has 6 nitrogen and oxygen atoms in total. The average Bonchev–Trinajstić information content (AvgIpc) is 3.36. The van der Waals surface area contributed by atoms with Crippen molar-refractivity contribution >= 4 is 29.2 Å². The predicted molar refractivity (Wildman–Crippen MR) is 108 cm³/mol. The third-order valence-electron chi connectivity index (χ3n) is 6.68. The number of carbonyl (C=O) groups is 3. The van der Waals surface area contributed by atoms with Crippen molar-refractivity contribution in [3.63, 3.8) is 0 Å². The van der Waals surface area contributed by atoms with E-state index in [4.69, 9.17) is 4.74 Å². The van der Waals surface area contributed by atoms with Crippen LogP contribution in [0.2, 0.25) is 0 Å². The van der Waals surface area contributed by atoms with Gasteiger partial charge in [-0.25, -0.2) is 0 Å². The molecule has 2 bridgehead atoms. The minimum absolute atomic E-state index is 0.0539. The van der Waals surface area contributed by atoms with Crippen molar-refractivity contribution in [2.75, 3.05) is 10.6 Å². The smallest absolute Gasteiger partial charge is 0.418 e. The van der Waals surface area contributed by atoms with Gasteiger partial charge in [-0.2, -0.15) is 13.2 Å². The van der Waals surface area contributed by atoms with Gasteiger partial charge in [0.05, 0.1) is 23.1 Å². The number of para-hydroxylation sites is 1. The van der Waals surface area contributed by atoms with Gasteiger partial charge in [0.25, 0.3) is 5.91 Å². The van der Waals surface area contributed by atoms with E-state index in [1.807, 2.05) is 0 Å². The van der Waals surface area contributed by atoms with Crippen molar-refractivity contribution in [2.45, 2.75) is 25.1 Å². The standard InChI is InChI=1S/C23H19F3N2O4/c24-23(25,26)15-3-1-2-4-16(15)28-20(29)11-5-7-13(8-6-11)27-21(30)18-12-9-14-17(10-12)32-22(31)19(14)18/h1-8,12,14,17-19H,9-10H2,(H,27,30)(H,28,29)/t12-,14+,17-,18-,19-/m1/s1. The molecule has 5 atom stereocenters. The number of halogens is 3. The normalized spacial score (nSPS) is 27.8. The lowest BCUT2D eigenvalue weighted by Gasteiger charge is -2.23. The molecule has 9 heteroatoms. The largest absolute Gasteiger partial charge is 0.462 e. The fourth-order valence-corrected chi connectivity index (χ4v) is 5.33. The lowest BCUT2D eigenvalue weighted by atomic mass is 9.79. The molecule has 0 aromatic heterocycles. The molecule has 5 rings (SSSR count). The van der Waals surface area contributed by atoms with Gasteiger partial charge >= 0.3 is 12.1 Å². The Morgan fingerprint density at radius 3 is 2.41 bits per heavy atom. The summed E-state index contributed by atoms with van der Waals surface area (Å²) in [6.07, 6.45) is -3.12. The molecule has 3 aliphatic rings. The van der Waals surface area contributed by atoms with E-state index in [0.29, 0.717) is 12.1 Å². The van der Waals surface area contributed by atoms with Crippen LogP contribution >= 0.6 is 0 Å². The van der Waals surface area contributed by atoms with Gasteiger partial charge in [-0.15, -0.1) is 0 Å². The number of nitrogens with one attached hydrogen (secondary N) is 2. The number of anilines is 2. The summed E-state index contributed by atoms with van der Waals surface area (Å²) >= 11 is 0. The highest BCUT2D eigenvalue weighted by Gasteiger charge is 2.63. The maximum absolute atomic E-state index is 13.1. The first-order valence-corrected chi connectivity index (χ1v) is 10.3. The lowest BCUT2D eigenvalue weighted by molar-refractivity contribution is -0.145. The SMILES string of the molecule is O=C(Nc1ccccc1C(F)(F)F)c1ccc(NC(=O)[C@@H]2[C@@H]3C[C@@H]4[C@H]2C(=O)O[C@@H]4C3)cc1.